The van der Waals surface area contributed by atoms with E-state index in [0.29, 0.717) is 0 Å². The van der Waals surface area contributed by atoms with Gasteiger partial charge < -0.3 is 0 Å². The summed E-state index contributed by atoms with van der Waals surface area (Å²) in [6, 6.07) is 26.6. The van der Waals surface area contributed by atoms with Gasteiger partial charge in [-0.15, -0.1) is 35.3 Å². The van der Waals surface area contributed by atoms with E-state index in [-0.39, 0.29) is 0 Å². The first kappa shape index (κ1) is 18.9. The van der Waals surface area contributed by atoms with E-state index in [1.54, 1.807) is 0 Å². The normalized spacial score (nSPS) is 11.0. The minimum atomic E-state index is -0.588. The van der Waals surface area contributed by atoms with Gasteiger partial charge in [-0.25, -0.2) is 0 Å². The van der Waals surface area contributed by atoms with E-state index < -0.39 is 7.92 Å². The molecule has 4 heteroatoms. The molecule has 0 amide bonds. The minimum absolute atomic E-state index is 0.588. The first-order valence-electron chi connectivity index (χ1n) is 7.99. The van der Waals surface area contributed by atoms with Gasteiger partial charge in [-0.1, -0.05) is 54.6 Å². The van der Waals surface area contributed by atoms with Gasteiger partial charge in [-0.3, -0.25) is 0 Å². The van der Waals surface area contributed by atoms with Gasteiger partial charge in [0.05, 0.1) is 0 Å². The third kappa shape index (κ3) is 4.11. The molecule has 25 heavy (non-hydrogen) atoms. The number of rotatable bonds is 6. The lowest BCUT2D eigenvalue weighted by Gasteiger charge is -2.25. The summed E-state index contributed by atoms with van der Waals surface area (Å²) in [5.41, 5.74) is 0. The van der Waals surface area contributed by atoms with E-state index in [9.17, 15) is 0 Å². The highest BCUT2D eigenvalue weighted by molar-refractivity contribution is 8.01. The van der Waals surface area contributed by atoms with Gasteiger partial charge in [0.1, 0.15) is 0 Å². The Morgan fingerprint density at radius 2 is 0.760 bits per heavy atom. The van der Waals surface area contributed by atoms with Crippen LogP contribution in [0, 0.1) is 0 Å². The molecule has 3 rings (SSSR count). The Kier molecular flexibility index (Phi) is 6.95. The van der Waals surface area contributed by atoms with Crippen LogP contribution >= 0.6 is 43.2 Å². The standard InChI is InChI=1S/C21H21PS3/c1-23-19-13-7-4-10-16(19)22(17-11-5-8-14-20(17)24-2)18-12-6-9-15-21(18)25-3/h4-15H,1-3H3. The van der Waals surface area contributed by atoms with Crippen molar-refractivity contribution in [2.75, 3.05) is 18.8 Å². The smallest absolute Gasteiger partial charge is 0.0153 e. The molecule has 0 saturated heterocycles. The highest BCUT2D eigenvalue weighted by Gasteiger charge is 2.23. The molecule has 0 atom stereocenters. The predicted molar refractivity (Wildman–Crippen MR) is 120 cm³/mol. The van der Waals surface area contributed by atoms with Gasteiger partial charge in [-0.2, -0.15) is 0 Å². The fraction of sp³-hybridized carbons (Fsp3) is 0.143. The number of hydrogen-bond donors (Lipinski definition) is 0. The maximum Gasteiger partial charge on any atom is 0.0153 e. The highest BCUT2D eigenvalue weighted by atomic mass is 32.2. The summed E-state index contributed by atoms with van der Waals surface area (Å²) in [6.07, 6.45) is 6.52. The molecule has 0 N–H and O–H groups in total. The Morgan fingerprint density at radius 1 is 0.480 bits per heavy atom. The molecule has 128 valence electrons. The lowest BCUT2D eigenvalue weighted by molar-refractivity contribution is 1.49. The lowest BCUT2D eigenvalue weighted by Crippen LogP contribution is -2.24. The van der Waals surface area contributed by atoms with Crippen LogP contribution < -0.4 is 15.9 Å². The summed E-state index contributed by atoms with van der Waals surface area (Å²) in [5, 5.41) is 4.36. The quantitative estimate of drug-likeness (QED) is 0.390. The van der Waals surface area contributed by atoms with Crippen molar-refractivity contribution in [3.63, 3.8) is 0 Å². The summed E-state index contributed by atoms with van der Waals surface area (Å²) in [6.45, 7) is 0. The summed E-state index contributed by atoms with van der Waals surface area (Å²) < 4.78 is 0. The molecule has 3 aromatic carbocycles. The maximum atomic E-state index is 2.31. The Morgan fingerprint density at radius 3 is 1.04 bits per heavy atom. The topological polar surface area (TPSA) is 0 Å². The van der Waals surface area contributed by atoms with E-state index in [0.717, 1.165) is 0 Å². The summed E-state index contributed by atoms with van der Waals surface area (Å²) in [5.74, 6) is 0. The summed E-state index contributed by atoms with van der Waals surface area (Å²) in [7, 11) is -0.588. The van der Waals surface area contributed by atoms with Crippen LogP contribution in [0.1, 0.15) is 0 Å². The van der Waals surface area contributed by atoms with Crippen molar-refractivity contribution in [1.29, 1.82) is 0 Å². The zero-order chi connectivity index (χ0) is 17.6. The van der Waals surface area contributed by atoms with Gasteiger partial charge in [0, 0.05) is 14.7 Å². The van der Waals surface area contributed by atoms with Gasteiger partial charge in [-0.05, 0) is 60.8 Å². The largest absolute Gasteiger partial charge is 0.129 e. The van der Waals surface area contributed by atoms with Crippen LogP contribution in [0.5, 0.6) is 0 Å². The molecule has 0 aliphatic rings. The van der Waals surface area contributed by atoms with E-state index in [1.165, 1.54) is 30.6 Å². The summed E-state index contributed by atoms with van der Waals surface area (Å²) in [4.78, 5) is 4.13. The first-order chi connectivity index (χ1) is 12.3. The van der Waals surface area contributed by atoms with Crippen molar-refractivity contribution in [3.05, 3.63) is 72.8 Å². The Labute approximate surface area is 165 Å². The molecule has 0 nitrogen and oxygen atoms in total. The van der Waals surface area contributed by atoms with Crippen LogP contribution in [-0.2, 0) is 0 Å². The van der Waals surface area contributed by atoms with Crippen LogP contribution in [0.2, 0.25) is 0 Å². The Bertz CT molecular complexity index is 735. The molecule has 0 aromatic heterocycles. The van der Waals surface area contributed by atoms with Crippen LogP contribution in [0.3, 0.4) is 0 Å². The molecular weight excluding hydrogens is 379 g/mol. The summed E-state index contributed by atoms with van der Waals surface area (Å²) >= 11 is 5.53. The van der Waals surface area contributed by atoms with Crippen molar-refractivity contribution in [1.82, 2.24) is 0 Å². The first-order valence-corrected chi connectivity index (χ1v) is 13.0. The molecule has 0 aliphatic carbocycles. The molecule has 0 aliphatic heterocycles. The van der Waals surface area contributed by atoms with Crippen LogP contribution in [0.15, 0.2) is 87.5 Å². The minimum Gasteiger partial charge on any atom is -0.129 e. The van der Waals surface area contributed by atoms with Crippen LogP contribution in [0.25, 0.3) is 0 Å². The van der Waals surface area contributed by atoms with Crippen molar-refractivity contribution in [2.45, 2.75) is 14.7 Å². The SMILES string of the molecule is CSc1ccccc1P(c1ccccc1SC)c1ccccc1SC. The molecule has 0 fully saturated rings. The molecule has 3 aromatic rings. The van der Waals surface area contributed by atoms with E-state index in [2.05, 4.69) is 91.6 Å². The van der Waals surface area contributed by atoms with Crippen LogP contribution in [0.4, 0.5) is 0 Å². The average Bonchev–Trinajstić information content (AvgIpc) is 2.69. The van der Waals surface area contributed by atoms with Gasteiger partial charge in [0.2, 0.25) is 0 Å². The number of benzene rings is 3. The zero-order valence-corrected chi connectivity index (χ0v) is 17.9. The Balaban J connectivity index is 2.29. The van der Waals surface area contributed by atoms with E-state index >= 15 is 0 Å². The second-order valence-electron chi connectivity index (χ2n) is 5.35. The third-order valence-corrected chi connectivity index (χ3v) is 9.43. The number of thioether (sulfide) groups is 3. The van der Waals surface area contributed by atoms with Crippen molar-refractivity contribution < 1.29 is 0 Å². The fourth-order valence-corrected chi connectivity index (χ4v) is 8.32. The molecule has 0 saturated carbocycles. The van der Waals surface area contributed by atoms with Crippen molar-refractivity contribution in [3.8, 4) is 0 Å². The molecule has 0 unspecified atom stereocenters. The number of hydrogen-bond acceptors (Lipinski definition) is 3. The van der Waals surface area contributed by atoms with Gasteiger partial charge in [0.25, 0.3) is 0 Å². The second kappa shape index (κ2) is 9.19. The molecule has 0 spiro atoms. The monoisotopic (exact) mass is 400 g/mol. The van der Waals surface area contributed by atoms with Crippen molar-refractivity contribution in [2.24, 2.45) is 0 Å². The predicted octanol–water partition coefficient (Wildman–Crippen LogP) is 5.61. The van der Waals surface area contributed by atoms with E-state index in [1.807, 2.05) is 35.3 Å². The third-order valence-electron chi connectivity index (χ3n) is 3.98. The van der Waals surface area contributed by atoms with Gasteiger partial charge in [0.15, 0.2) is 0 Å². The van der Waals surface area contributed by atoms with E-state index in [4.69, 9.17) is 0 Å². The maximum absolute atomic E-state index is 2.31. The fourth-order valence-electron chi connectivity index (χ4n) is 2.83. The van der Waals surface area contributed by atoms with Crippen LogP contribution in [-0.4, -0.2) is 18.8 Å². The molecule has 0 radical (unpaired) electrons. The van der Waals surface area contributed by atoms with Crippen molar-refractivity contribution >= 4 is 59.1 Å². The molecule has 0 heterocycles. The highest BCUT2D eigenvalue weighted by Crippen LogP contribution is 2.41. The molecular formula is C21H21PS3. The average molecular weight is 401 g/mol. The zero-order valence-electron chi connectivity index (χ0n) is 14.6. The second-order valence-corrected chi connectivity index (χ2v) is 10.0. The Hall–Kier alpha value is -0.860. The lowest BCUT2D eigenvalue weighted by atomic mass is 10.3. The van der Waals surface area contributed by atoms with Gasteiger partial charge >= 0.3 is 0 Å². The molecule has 0 bridgehead atoms.